The highest BCUT2D eigenvalue weighted by atomic mass is 16.5. The van der Waals surface area contributed by atoms with Crippen LogP contribution in [0.3, 0.4) is 0 Å². The average Bonchev–Trinajstić information content (AvgIpc) is 2.53. The zero-order valence-electron chi connectivity index (χ0n) is 7.49. The highest BCUT2D eigenvalue weighted by Gasteiger charge is 2.05. The summed E-state index contributed by atoms with van der Waals surface area (Å²) in [5.41, 5.74) is 5.50. The number of hydrogen-bond acceptors (Lipinski definition) is 4. The summed E-state index contributed by atoms with van der Waals surface area (Å²) in [7, 11) is 0. The molecule has 1 atom stereocenters. The summed E-state index contributed by atoms with van der Waals surface area (Å²) >= 11 is 0. The molecule has 1 amide bonds. The first-order valence-corrected chi connectivity index (χ1v) is 4.14. The Bertz CT molecular complexity index is 256. The second-order valence-corrected chi connectivity index (χ2v) is 2.95. The summed E-state index contributed by atoms with van der Waals surface area (Å²) in [6.07, 6.45) is 2.48. The molecule has 0 saturated carbocycles. The molecule has 1 heterocycles. The topological polar surface area (TPSA) is 81.2 Å². The maximum absolute atomic E-state index is 11.2. The Balaban J connectivity index is 2.26. The van der Waals surface area contributed by atoms with Gasteiger partial charge in [-0.3, -0.25) is 4.79 Å². The van der Waals surface area contributed by atoms with Gasteiger partial charge in [-0.15, -0.1) is 0 Å². The van der Waals surface area contributed by atoms with Gasteiger partial charge >= 0.3 is 0 Å². The Kier molecular flexibility index (Phi) is 3.45. The number of hydrogen-bond donors (Lipinski definition) is 2. The summed E-state index contributed by atoms with van der Waals surface area (Å²) in [5.74, 6) is 0.348. The Labute approximate surface area is 76.3 Å². The van der Waals surface area contributed by atoms with Gasteiger partial charge in [0.1, 0.15) is 6.26 Å². The molecule has 0 aromatic carbocycles. The predicted molar refractivity (Wildman–Crippen MR) is 48.0 cm³/mol. The van der Waals surface area contributed by atoms with Crippen molar-refractivity contribution in [2.45, 2.75) is 25.8 Å². The number of amides is 1. The lowest BCUT2D eigenvalue weighted by Gasteiger charge is -2.03. The molecule has 0 aliphatic carbocycles. The van der Waals surface area contributed by atoms with Crippen molar-refractivity contribution in [1.82, 2.24) is 5.16 Å². The molecule has 1 rings (SSSR count). The quantitative estimate of drug-likeness (QED) is 0.721. The normalized spacial score (nSPS) is 12.5. The van der Waals surface area contributed by atoms with E-state index >= 15 is 0 Å². The van der Waals surface area contributed by atoms with Gasteiger partial charge in [0.15, 0.2) is 5.82 Å². The van der Waals surface area contributed by atoms with E-state index < -0.39 is 0 Å². The minimum Gasteiger partial charge on any atom is -0.363 e. The minimum absolute atomic E-state index is 0.0445. The van der Waals surface area contributed by atoms with Crippen LogP contribution in [0.25, 0.3) is 0 Å². The molecule has 0 aliphatic heterocycles. The van der Waals surface area contributed by atoms with Gasteiger partial charge in [-0.2, -0.15) is 0 Å². The standard InChI is InChI=1S/C8H13N3O2/c1-6(9)2-3-8(12)10-7-4-5-13-11-7/h4-6H,2-3,9H2,1H3,(H,10,11,12). The molecule has 1 unspecified atom stereocenters. The molecule has 3 N–H and O–H groups in total. The maximum Gasteiger partial charge on any atom is 0.225 e. The maximum atomic E-state index is 11.2. The Morgan fingerprint density at radius 2 is 2.62 bits per heavy atom. The Hall–Kier alpha value is -1.36. The van der Waals surface area contributed by atoms with Crippen LogP contribution in [0.1, 0.15) is 19.8 Å². The summed E-state index contributed by atoms with van der Waals surface area (Å²) in [6.45, 7) is 1.86. The first-order chi connectivity index (χ1) is 6.18. The smallest absolute Gasteiger partial charge is 0.225 e. The van der Waals surface area contributed by atoms with Gasteiger partial charge in [0.2, 0.25) is 5.91 Å². The molecule has 5 nitrogen and oxygen atoms in total. The average molecular weight is 183 g/mol. The fraction of sp³-hybridized carbons (Fsp3) is 0.500. The van der Waals surface area contributed by atoms with Crippen LogP contribution in [0, 0.1) is 0 Å². The van der Waals surface area contributed by atoms with E-state index in [1.165, 1.54) is 6.26 Å². The monoisotopic (exact) mass is 183 g/mol. The number of carbonyl (C=O) groups excluding carboxylic acids is 1. The van der Waals surface area contributed by atoms with Crippen molar-refractivity contribution in [3.63, 3.8) is 0 Å². The van der Waals surface area contributed by atoms with Gasteiger partial charge in [0.25, 0.3) is 0 Å². The van der Waals surface area contributed by atoms with Crippen molar-refractivity contribution in [3.8, 4) is 0 Å². The number of rotatable bonds is 4. The van der Waals surface area contributed by atoms with Crippen LogP contribution in [0.15, 0.2) is 16.9 Å². The molecule has 13 heavy (non-hydrogen) atoms. The lowest BCUT2D eigenvalue weighted by molar-refractivity contribution is -0.116. The summed E-state index contributed by atoms with van der Waals surface area (Å²) in [4.78, 5) is 11.2. The third-order valence-electron chi connectivity index (χ3n) is 1.53. The van der Waals surface area contributed by atoms with E-state index in [4.69, 9.17) is 5.73 Å². The molecule has 1 aromatic heterocycles. The first-order valence-electron chi connectivity index (χ1n) is 4.14. The van der Waals surface area contributed by atoms with Crippen LogP contribution >= 0.6 is 0 Å². The minimum atomic E-state index is -0.0915. The second kappa shape index (κ2) is 4.61. The van der Waals surface area contributed by atoms with Crippen LogP contribution < -0.4 is 11.1 Å². The predicted octanol–water partition coefficient (Wildman–Crippen LogP) is 0.741. The van der Waals surface area contributed by atoms with E-state index in [0.717, 1.165) is 0 Å². The number of anilines is 1. The number of carbonyl (C=O) groups is 1. The molecular weight excluding hydrogens is 170 g/mol. The van der Waals surface area contributed by atoms with Crippen LogP contribution in [0.4, 0.5) is 5.82 Å². The van der Waals surface area contributed by atoms with Gasteiger partial charge in [-0.25, -0.2) is 0 Å². The molecule has 1 aromatic rings. The molecule has 5 heteroatoms. The first kappa shape index (κ1) is 9.73. The number of nitrogens with zero attached hydrogens (tertiary/aromatic N) is 1. The van der Waals surface area contributed by atoms with Gasteiger partial charge in [0.05, 0.1) is 0 Å². The zero-order valence-corrected chi connectivity index (χ0v) is 7.49. The van der Waals surface area contributed by atoms with Gasteiger partial charge in [0, 0.05) is 18.5 Å². The van der Waals surface area contributed by atoms with E-state index in [9.17, 15) is 4.79 Å². The Morgan fingerprint density at radius 3 is 3.15 bits per heavy atom. The van der Waals surface area contributed by atoms with Crippen molar-refractivity contribution >= 4 is 11.7 Å². The number of nitrogens with one attached hydrogen (secondary N) is 1. The van der Waals surface area contributed by atoms with E-state index in [0.29, 0.717) is 18.7 Å². The second-order valence-electron chi connectivity index (χ2n) is 2.95. The SMILES string of the molecule is CC(N)CCC(=O)Nc1ccon1. The summed E-state index contributed by atoms with van der Waals surface area (Å²) < 4.78 is 4.55. The van der Waals surface area contributed by atoms with E-state index in [1.807, 2.05) is 6.92 Å². The third kappa shape index (κ3) is 3.71. The van der Waals surface area contributed by atoms with Crippen LogP contribution in [0.5, 0.6) is 0 Å². The number of aromatic nitrogens is 1. The van der Waals surface area contributed by atoms with Gasteiger partial charge in [-0.1, -0.05) is 5.16 Å². The van der Waals surface area contributed by atoms with Crippen LogP contribution in [-0.2, 0) is 4.79 Å². The van der Waals surface area contributed by atoms with Crippen molar-refractivity contribution in [3.05, 3.63) is 12.3 Å². The molecule has 0 bridgehead atoms. The summed E-state index contributed by atoms with van der Waals surface area (Å²) in [5, 5.41) is 6.12. The van der Waals surface area contributed by atoms with Gasteiger partial charge < -0.3 is 15.6 Å². The fourth-order valence-electron chi connectivity index (χ4n) is 0.841. The zero-order chi connectivity index (χ0) is 9.68. The third-order valence-corrected chi connectivity index (χ3v) is 1.53. The van der Waals surface area contributed by atoms with Crippen LogP contribution in [0.2, 0.25) is 0 Å². The molecule has 0 spiro atoms. The van der Waals surface area contributed by atoms with Crippen molar-refractivity contribution in [1.29, 1.82) is 0 Å². The fourth-order valence-corrected chi connectivity index (χ4v) is 0.841. The van der Waals surface area contributed by atoms with Gasteiger partial charge in [-0.05, 0) is 13.3 Å². The van der Waals surface area contributed by atoms with E-state index in [2.05, 4.69) is 15.0 Å². The van der Waals surface area contributed by atoms with Crippen LogP contribution in [-0.4, -0.2) is 17.1 Å². The number of nitrogens with two attached hydrogens (primary N) is 1. The lowest BCUT2D eigenvalue weighted by atomic mass is 10.2. The van der Waals surface area contributed by atoms with Crippen molar-refractivity contribution in [2.24, 2.45) is 5.73 Å². The molecule has 0 radical (unpaired) electrons. The molecular formula is C8H13N3O2. The molecule has 0 fully saturated rings. The largest absolute Gasteiger partial charge is 0.363 e. The van der Waals surface area contributed by atoms with Crippen molar-refractivity contribution in [2.75, 3.05) is 5.32 Å². The lowest BCUT2D eigenvalue weighted by Crippen LogP contribution is -2.19. The van der Waals surface area contributed by atoms with Crippen molar-refractivity contribution < 1.29 is 9.32 Å². The van der Waals surface area contributed by atoms with E-state index in [1.54, 1.807) is 6.07 Å². The highest BCUT2D eigenvalue weighted by Crippen LogP contribution is 2.03. The molecule has 0 aliphatic rings. The summed E-state index contributed by atoms with van der Waals surface area (Å²) in [6, 6.07) is 1.63. The molecule has 72 valence electrons. The molecule has 0 saturated heterocycles. The highest BCUT2D eigenvalue weighted by molar-refractivity contribution is 5.89. The Morgan fingerprint density at radius 1 is 1.85 bits per heavy atom. The van der Waals surface area contributed by atoms with E-state index in [-0.39, 0.29) is 11.9 Å².